The summed E-state index contributed by atoms with van der Waals surface area (Å²) in [6, 6.07) is 9.87. The minimum atomic E-state index is -0.243. The fraction of sp³-hybridized carbons (Fsp3) is 0.474. The summed E-state index contributed by atoms with van der Waals surface area (Å²) in [5.74, 6) is 0.0976. The van der Waals surface area contributed by atoms with Gasteiger partial charge in [0, 0.05) is 40.2 Å². The van der Waals surface area contributed by atoms with E-state index in [2.05, 4.69) is 19.1 Å². The van der Waals surface area contributed by atoms with Crippen LogP contribution in [0.5, 0.6) is 0 Å². The molecule has 0 radical (unpaired) electrons. The molecule has 6 nitrogen and oxygen atoms in total. The molecule has 2 heterocycles. The standard InChI is InChI=1S/C19H26N4O2/c1-13-16-15(12-11-14-9-7-6-8-10-14)21(3)19(25)23(5)17(16)22(4)18(24)20(13)2/h6-13,15-17H,1-5H3/t13-,15-,16+,17-/m0/s1. The Morgan fingerprint density at radius 3 is 2.00 bits per heavy atom. The molecule has 2 fully saturated rings. The Morgan fingerprint density at radius 2 is 1.40 bits per heavy atom. The number of hydrogen-bond donors (Lipinski definition) is 0. The van der Waals surface area contributed by atoms with Crippen LogP contribution in [0.2, 0.25) is 0 Å². The topological polar surface area (TPSA) is 47.1 Å². The van der Waals surface area contributed by atoms with Gasteiger partial charge in [0.2, 0.25) is 0 Å². The van der Waals surface area contributed by atoms with Gasteiger partial charge < -0.3 is 19.6 Å². The summed E-state index contributed by atoms with van der Waals surface area (Å²) in [7, 11) is 7.21. The second-order valence-corrected chi connectivity index (χ2v) is 7.00. The summed E-state index contributed by atoms with van der Waals surface area (Å²) in [4.78, 5) is 32.1. The normalized spacial score (nSPS) is 30.3. The zero-order chi connectivity index (χ0) is 18.3. The molecule has 3 rings (SSSR count). The van der Waals surface area contributed by atoms with Crippen LogP contribution in [0.15, 0.2) is 36.4 Å². The number of likely N-dealkylation sites (N-methyl/N-ethyl adjacent to an activating group) is 1. The second-order valence-electron chi connectivity index (χ2n) is 7.00. The van der Waals surface area contributed by atoms with E-state index in [9.17, 15) is 9.59 Å². The smallest absolute Gasteiger partial charge is 0.321 e. The number of nitrogens with zero attached hydrogens (tertiary/aromatic N) is 4. The molecule has 6 heteroatoms. The van der Waals surface area contributed by atoms with E-state index in [-0.39, 0.29) is 36.2 Å². The van der Waals surface area contributed by atoms with Crippen molar-refractivity contribution in [3.05, 3.63) is 42.0 Å². The molecule has 134 valence electrons. The number of urea groups is 2. The van der Waals surface area contributed by atoms with Crippen LogP contribution in [0, 0.1) is 5.92 Å². The summed E-state index contributed by atoms with van der Waals surface area (Å²) in [6.45, 7) is 2.06. The molecule has 0 aromatic heterocycles. The van der Waals surface area contributed by atoms with E-state index in [1.165, 1.54) is 0 Å². The molecule has 1 aromatic carbocycles. The Kier molecular flexibility index (Phi) is 4.45. The third-order valence-electron chi connectivity index (χ3n) is 5.64. The zero-order valence-corrected chi connectivity index (χ0v) is 15.5. The number of amides is 4. The van der Waals surface area contributed by atoms with Crippen molar-refractivity contribution in [1.82, 2.24) is 19.6 Å². The molecule has 1 aromatic rings. The molecule has 2 saturated heterocycles. The number of fused-ring (bicyclic) bond motifs is 1. The average Bonchev–Trinajstić information content (AvgIpc) is 2.62. The van der Waals surface area contributed by atoms with Crippen LogP contribution in [-0.2, 0) is 0 Å². The van der Waals surface area contributed by atoms with Crippen LogP contribution in [-0.4, -0.2) is 78.1 Å². The van der Waals surface area contributed by atoms with Gasteiger partial charge in [-0.05, 0) is 12.5 Å². The lowest BCUT2D eigenvalue weighted by molar-refractivity contribution is -0.0534. The molecule has 0 bridgehead atoms. The van der Waals surface area contributed by atoms with Gasteiger partial charge in [0.25, 0.3) is 0 Å². The summed E-state index contributed by atoms with van der Waals surface area (Å²) in [5.41, 5.74) is 1.10. The second kappa shape index (κ2) is 6.43. The number of benzene rings is 1. The van der Waals surface area contributed by atoms with Crippen LogP contribution in [0.25, 0.3) is 6.08 Å². The lowest BCUT2D eigenvalue weighted by Crippen LogP contribution is -2.73. The maximum Gasteiger partial charge on any atom is 0.321 e. The van der Waals surface area contributed by atoms with E-state index >= 15 is 0 Å². The van der Waals surface area contributed by atoms with Crippen molar-refractivity contribution in [1.29, 1.82) is 0 Å². The molecular weight excluding hydrogens is 316 g/mol. The minimum absolute atomic E-state index is 0.0251. The van der Waals surface area contributed by atoms with E-state index in [0.29, 0.717) is 0 Å². The summed E-state index contributed by atoms with van der Waals surface area (Å²) in [5, 5.41) is 0. The Hall–Kier alpha value is -2.50. The van der Waals surface area contributed by atoms with E-state index in [0.717, 1.165) is 5.56 Å². The molecule has 0 spiro atoms. The average molecular weight is 342 g/mol. The summed E-state index contributed by atoms with van der Waals surface area (Å²) in [6.07, 6.45) is 3.90. The predicted octanol–water partition coefficient (Wildman–Crippen LogP) is 2.39. The number of rotatable bonds is 2. The Balaban J connectivity index is 1.99. The highest BCUT2D eigenvalue weighted by Gasteiger charge is 2.52. The van der Waals surface area contributed by atoms with Crippen LogP contribution >= 0.6 is 0 Å². The van der Waals surface area contributed by atoms with Gasteiger partial charge in [-0.2, -0.15) is 0 Å². The first kappa shape index (κ1) is 17.3. The molecule has 0 saturated carbocycles. The van der Waals surface area contributed by atoms with Gasteiger partial charge in [0.15, 0.2) is 0 Å². The highest BCUT2D eigenvalue weighted by molar-refractivity contribution is 5.80. The third kappa shape index (κ3) is 2.75. The number of carbonyl (C=O) groups excluding carboxylic acids is 2. The highest BCUT2D eigenvalue weighted by Crippen LogP contribution is 2.36. The van der Waals surface area contributed by atoms with Gasteiger partial charge in [-0.1, -0.05) is 42.5 Å². The van der Waals surface area contributed by atoms with Crippen molar-refractivity contribution in [3.63, 3.8) is 0 Å². The molecule has 25 heavy (non-hydrogen) atoms. The van der Waals surface area contributed by atoms with E-state index < -0.39 is 0 Å². The Bertz CT molecular complexity index is 686. The van der Waals surface area contributed by atoms with Crippen molar-refractivity contribution in [2.75, 3.05) is 28.2 Å². The van der Waals surface area contributed by atoms with E-state index in [1.807, 2.05) is 44.4 Å². The molecule has 2 aliphatic rings. The maximum absolute atomic E-state index is 12.7. The van der Waals surface area contributed by atoms with E-state index in [4.69, 9.17) is 0 Å². The molecule has 0 unspecified atom stereocenters. The minimum Gasteiger partial charge on any atom is -0.324 e. The molecule has 2 aliphatic heterocycles. The lowest BCUT2D eigenvalue weighted by Gasteiger charge is -2.57. The first-order valence-corrected chi connectivity index (χ1v) is 8.57. The van der Waals surface area contributed by atoms with Crippen molar-refractivity contribution in [2.45, 2.75) is 25.2 Å². The largest absolute Gasteiger partial charge is 0.324 e. The Labute approximate surface area is 149 Å². The number of carbonyl (C=O) groups is 2. The van der Waals surface area contributed by atoms with Crippen molar-refractivity contribution < 1.29 is 9.59 Å². The Morgan fingerprint density at radius 1 is 0.840 bits per heavy atom. The van der Waals surface area contributed by atoms with Gasteiger partial charge in [-0.3, -0.25) is 0 Å². The van der Waals surface area contributed by atoms with Gasteiger partial charge in [0.05, 0.1) is 6.04 Å². The van der Waals surface area contributed by atoms with Crippen molar-refractivity contribution in [2.24, 2.45) is 5.92 Å². The first-order chi connectivity index (χ1) is 11.8. The SMILES string of the molecule is C[C@H]1[C@H]2[C@@H](N(C)C(=O)N1C)N(C)C(=O)N(C)[C@H]2C=Cc1ccccc1. The first-order valence-electron chi connectivity index (χ1n) is 8.57. The molecule has 4 amide bonds. The monoisotopic (exact) mass is 342 g/mol. The van der Waals surface area contributed by atoms with E-state index in [1.54, 1.807) is 33.7 Å². The van der Waals surface area contributed by atoms with Crippen LogP contribution in [0.4, 0.5) is 9.59 Å². The molecule has 0 N–H and O–H groups in total. The quantitative estimate of drug-likeness (QED) is 0.828. The maximum atomic E-state index is 12.7. The van der Waals surface area contributed by atoms with Crippen LogP contribution in [0.1, 0.15) is 12.5 Å². The van der Waals surface area contributed by atoms with Gasteiger partial charge in [-0.25, -0.2) is 9.59 Å². The van der Waals surface area contributed by atoms with Crippen LogP contribution in [0.3, 0.4) is 0 Å². The molecular formula is C19H26N4O2. The third-order valence-corrected chi connectivity index (χ3v) is 5.64. The molecule has 4 atom stereocenters. The fourth-order valence-corrected chi connectivity index (χ4v) is 4.06. The summed E-state index contributed by atoms with van der Waals surface area (Å²) >= 11 is 0. The van der Waals surface area contributed by atoms with Gasteiger partial charge in [-0.15, -0.1) is 0 Å². The zero-order valence-electron chi connectivity index (χ0n) is 15.5. The van der Waals surface area contributed by atoms with Gasteiger partial charge >= 0.3 is 12.1 Å². The van der Waals surface area contributed by atoms with Crippen LogP contribution < -0.4 is 0 Å². The fourth-order valence-electron chi connectivity index (χ4n) is 4.06. The molecule has 0 aliphatic carbocycles. The van der Waals surface area contributed by atoms with Crippen molar-refractivity contribution in [3.8, 4) is 0 Å². The lowest BCUT2D eigenvalue weighted by atomic mass is 9.82. The van der Waals surface area contributed by atoms with Crippen molar-refractivity contribution >= 4 is 18.1 Å². The predicted molar refractivity (Wildman–Crippen MR) is 97.8 cm³/mol. The summed E-state index contributed by atoms with van der Waals surface area (Å²) < 4.78 is 0. The highest BCUT2D eigenvalue weighted by atomic mass is 16.2. The number of hydrogen-bond acceptors (Lipinski definition) is 2. The van der Waals surface area contributed by atoms with Gasteiger partial charge in [0.1, 0.15) is 6.17 Å².